The zero-order chi connectivity index (χ0) is 12.4. The maximum Gasteiger partial charge on any atom is 0.149 e. The van der Waals surface area contributed by atoms with Crippen molar-refractivity contribution in [2.45, 2.75) is 38.5 Å². The van der Waals surface area contributed by atoms with Crippen LogP contribution in [0.2, 0.25) is 0 Å². The van der Waals surface area contributed by atoms with Crippen LogP contribution in [0.4, 0.5) is 0 Å². The molecule has 0 radical (unpaired) electrons. The average molecular weight is 250 g/mol. The van der Waals surface area contributed by atoms with Gasteiger partial charge in [0.2, 0.25) is 0 Å². The van der Waals surface area contributed by atoms with Crippen LogP contribution >= 0.6 is 0 Å². The summed E-state index contributed by atoms with van der Waals surface area (Å²) in [6.45, 7) is 6.99. The third kappa shape index (κ3) is 3.33. The number of rotatable bonds is 5. The highest BCUT2D eigenvalue weighted by molar-refractivity contribution is 5.84. The molecular weight excluding hydrogens is 224 g/mol. The van der Waals surface area contributed by atoms with Gasteiger partial charge in [-0.2, -0.15) is 0 Å². The highest BCUT2D eigenvalue weighted by Crippen LogP contribution is 2.30. The summed E-state index contributed by atoms with van der Waals surface area (Å²) in [5, 5.41) is 0. The smallest absolute Gasteiger partial charge is 0.149 e. The maximum atomic E-state index is 11.8. The predicted octanol–water partition coefficient (Wildman–Crippen LogP) is 1.77. The van der Waals surface area contributed by atoms with Gasteiger partial charge < -0.3 is 4.90 Å². The molecule has 2 aliphatic heterocycles. The van der Waals surface area contributed by atoms with E-state index >= 15 is 0 Å². The number of ketones is 1. The number of likely N-dealkylation sites (tertiary alicyclic amines) is 2. The van der Waals surface area contributed by atoms with Crippen molar-refractivity contribution >= 4 is 5.78 Å². The zero-order valence-electron chi connectivity index (χ0n) is 11.4. The molecule has 3 rings (SSSR count). The second-order valence-corrected chi connectivity index (χ2v) is 6.47. The lowest BCUT2D eigenvalue weighted by Crippen LogP contribution is -2.40. The van der Waals surface area contributed by atoms with Crippen LogP contribution in [-0.4, -0.2) is 54.9 Å². The normalized spacial score (nSPS) is 27.8. The van der Waals surface area contributed by atoms with E-state index in [2.05, 4.69) is 9.80 Å². The fraction of sp³-hybridized carbons (Fsp3) is 0.933. The van der Waals surface area contributed by atoms with Gasteiger partial charge in [0.15, 0.2) is 0 Å². The molecule has 0 N–H and O–H groups in total. The van der Waals surface area contributed by atoms with Gasteiger partial charge in [-0.15, -0.1) is 0 Å². The van der Waals surface area contributed by atoms with Crippen molar-refractivity contribution < 1.29 is 4.79 Å². The summed E-state index contributed by atoms with van der Waals surface area (Å²) in [5.74, 6) is 1.83. The van der Waals surface area contributed by atoms with Crippen LogP contribution in [0.5, 0.6) is 0 Å². The van der Waals surface area contributed by atoms with Gasteiger partial charge in [0, 0.05) is 12.5 Å². The van der Waals surface area contributed by atoms with Crippen molar-refractivity contribution in [3.8, 4) is 0 Å². The molecule has 0 spiro atoms. The van der Waals surface area contributed by atoms with Crippen LogP contribution in [-0.2, 0) is 4.79 Å². The Morgan fingerprint density at radius 1 is 0.889 bits per heavy atom. The Bertz CT molecular complexity index is 287. The van der Waals surface area contributed by atoms with E-state index in [1.54, 1.807) is 0 Å². The fourth-order valence-electron chi connectivity index (χ4n) is 3.41. The van der Waals surface area contributed by atoms with Crippen molar-refractivity contribution in [1.82, 2.24) is 9.80 Å². The second-order valence-electron chi connectivity index (χ2n) is 6.47. The Hall–Kier alpha value is -0.410. The molecule has 0 aromatic heterocycles. The fourth-order valence-corrected chi connectivity index (χ4v) is 3.41. The van der Waals surface area contributed by atoms with Gasteiger partial charge >= 0.3 is 0 Å². The molecule has 0 aromatic carbocycles. The van der Waals surface area contributed by atoms with E-state index in [9.17, 15) is 4.79 Å². The molecule has 0 unspecified atom stereocenters. The Kier molecular flexibility index (Phi) is 4.00. The van der Waals surface area contributed by atoms with Crippen molar-refractivity contribution in [3.63, 3.8) is 0 Å². The van der Waals surface area contributed by atoms with Crippen molar-refractivity contribution in [2.24, 2.45) is 11.8 Å². The van der Waals surface area contributed by atoms with E-state index in [1.807, 2.05) is 0 Å². The van der Waals surface area contributed by atoms with E-state index in [4.69, 9.17) is 0 Å². The highest BCUT2D eigenvalue weighted by atomic mass is 16.1. The molecule has 0 atom stereocenters. The summed E-state index contributed by atoms with van der Waals surface area (Å²) in [4.78, 5) is 16.8. The highest BCUT2D eigenvalue weighted by Gasteiger charge is 2.31. The molecule has 3 aliphatic rings. The molecule has 3 heteroatoms. The molecule has 18 heavy (non-hydrogen) atoms. The summed E-state index contributed by atoms with van der Waals surface area (Å²) in [7, 11) is 0. The molecule has 0 aromatic rings. The summed E-state index contributed by atoms with van der Waals surface area (Å²) in [6.07, 6.45) is 7.71. The SMILES string of the molecule is O=C(CN1CCC(CN2CCCC2)CC1)C1CC1. The molecule has 3 fully saturated rings. The summed E-state index contributed by atoms with van der Waals surface area (Å²) in [5.41, 5.74) is 0. The Balaban J connectivity index is 1.36. The molecule has 0 amide bonds. The molecule has 3 nitrogen and oxygen atoms in total. The first-order valence-corrected chi connectivity index (χ1v) is 7.78. The quantitative estimate of drug-likeness (QED) is 0.743. The second kappa shape index (κ2) is 5.70. The van der Waals surface area contributed by atoms with Gasteiger partial charge in [-0.05, 0) is 70.6 Å². The average Bonchev–Trinajstić information content (AvgIpc) is 3.11. The minimum atomic E-state index is 0.437. The number of nitrogens with zero attached hydrogens (tertiary/aromatic N) is 2. The summed E-state index contributed by atoms with van der Waals surface area (Å²) < 4.78 is 0. The first-order valence-electron chi connectivity index (χ1n) is 7.78. The molecule has 102 valence electrons. The first kappa shape index (κ1) is 12.6. The number of carbonyl (C=O) groups is 1. The Morgan fingerprint density at radius 3 is 2.17 bits per heavy atom. The maximum absolute atomic E-state index is 11.8. The van der Waals surface area contributed by atoms with Crippen LogP contribution in [0.3, 0.4) is 0 Å². The van der Waals surface area contributed by atoms with Crippen molar-refractivity contribution in [1.29, 1.82) is 0 Å². The van der Waals surface area contributed by atoms with Crippen LogP contribution in [0.15, 0.2) is 0 Å². The summed E-state index contributed by atoms with van der Waals surface area (Å²) >= 11 is 0. The van der Waals surface area contributed by atoms with Crippen LogP contribution in [0.1, 0.15) is 38.5 Å². The monoisotopic (exact) mass is 250 g/mol. The van der Waals surface area contributed by atoms with Crippen molar-refractivity contribution in [3.05, 3.63) is 0 Å². The van der Waals surface area contributed by atoms with Gasteiger partial charge in [0.05, 0.1) is 6.54 Å². The van der Waals surface area contributed by atoms with Gasteiger partial charge in [-0.3, -0.25) is 9.69 Å². The largest absolute Gasteiger partial charge is 0.303 e. The number of carbonyl (C=O) groups excluding carboxylic acids is 1. The van der Waals surface area contributed by atoms with E-state index < -0.39 is 0 Å². The third-order valence-electron chi connectivity index (χ3n) is 4.83. The van der Waals surface area contributed by atoms with E-state index in [1.165, 1.54) is 45.3 Å². The number of hydrogen-bond donors (Lipinski definition) is 0. The molecule has 0 bridgehead atoms. The Morgan fingerprint density at radius 2 is 1.56 bits per heavy atom. The standard InChI is InChI=1S/C15H26N2O/c18-15(14-3-4-14)12-17-9-5-13(6-10-17)11-16-7-1-2-8-16/h13-14H,1-12H2. The van der Waals surface area contributed by atoms with E-state index in [0.29, 0.717) is 11.7 Å². The minimum absolute atomic E-state index is 0.437. The zero-order valence-corrected chi connectivity index (χ0v) is 11.4. The van der Waals surface area contributed by atoms with Gasteiger partial charge in [-0.1, -0.05) is 0 Å². The lowest BCUT2D eigenvalue weighted by molar-refractivity contribution is -0.121. The number of hydrogen-bond acceptors (Lipinski definition) is 3. The molecule has 2 saturated heterocycles. The Labute approximate surface area is 111 Å². The lowest BCUT2D eigenvalue weighted by Gasteiger charge is -2.33. The van der Waals surface area contributed by atoms with Crippen LogP contribution in [0.25, 0.3) is 0 Å². The topological polar surface area (TPSA) is 23.6 Å². The third-order valence-corrected chi connectivity index (χ3v) is 4.83. The predicted molar refractivity (Wildman–Crippen MR) is 72.6 cm³/mol. The minimum Gasteiger partial charge on any atom is -0.303 e. The first-order chi connectivity index (χ1) is 8.81. The van der Waals surface area contributed by atoms with Gasteiger partial charge in [-0.25, -0.2) is 0 Å². The van der Waals surface area contributed by atoms with E-state index in [-0.39, 0.29) is 0 Å². The molecule has 1 saturated carbocycles. The van der Waals surface area contributed by atoms with Gasteiger partial charge in [0.1, 0.15) is 5.78 Å². The molecule has 1 aliphatic carbocycles. The number of piperidine rings is 1. The lowest BCUT2D eigenvalue weighted by atomic mass is 9.96. The number of Topliss-reactive ketones (excluding diaryl/α,β-unsaturated/α-hetero) is 1. The van der Waals surface area contributed by atoms with E-state index in [0.717, 1.165) is 38.4 Å². The summed E-state index contributed by atoms with van der Waals surface area (Å²) in [6, 6.07) is 0. The molecule has 2 heterocycles. The van der Waals surface area contributed by atoms with Crippen molar-refractivity contribution in [2.75, 3.05) is 39.3 Å². The van der Waals surface area contributed by atoms with Crippen LogP contribution < -0.4 is 0 Å². The molecular formula is C15H26N2O. The van der Waals surface area contributed by atoms with Crippen LogP contribution in [0, 0.1) is 11.8 Å². The van der Waals surface area contributed by atoms with Gasteiger partial charge in [0.25, 0.3) is 0 Å².